The Morgan fingerprint density at radius 1 is 0.939 bits per heavy atom. The van der Waals surface area contributed by atoms with Gasteiger partial charge in [-0.3, -0.25) is 4.98 Å². The minimum absolute atomic E-state index is 0.0433. The van der Waals surface area contributed by atoms with Crippen molar-refractivity contribution in [2.24, 2.45) is 0 Å². The monoisotopic (exact) mass is 449 g/mol. The lowest BCUT2D eigenvalue weighted by Gasteiger charge is -2.22. The Labute approximate surface area is 197 Å². The molecule has 0 spiro atoms. The topological polar surface area (TPSA) is 26.0 Å². The molecule has 0 fully saturated rings. The maximum atomic E-state index is 5.93. The molecule has 3 aromatic carbocycles. The summed E-state index contributed by atoms with van der Waals surface area (Å²) < 4.78 is 8.48. The molecule has 3 heterocycles. The second kappa shape index (κ2) is 7.43. The summed E-state index contributed by atoms with van der Waals surface area (Å²) in [6.45, 7) is 9.09. The van der Waals surface area contributed by atoms with E-state index in [0.717, 1.165) is 24.1 Å². The number of hydrogen-bond donors (Lipinski definition) is 0. The highest BCUT2D eigenvalue weighted by Crippen LogP contribution is 2.44. The van der Waals surface area contributed by atoms with Crippen LogP contribution in [0.5, 0.6) is 0 Å². The number of aromatic nitrogens is 1. The Morgan fingerprint density at radius 3 is 2.61 bits per heavy atom. The Bertz CT molecular complexity index is 1660. The third-order valence-corrected chi connectivity index (χ3v) is 7.80. The van der Waals surface area contributed by atoms with Gasteiger partial charge in [0.2, 0.25) is 0 Å². The Kier molecular flexibility index (Phi) is 4.60. The first-order chi connectivity index (χ1) is 16.0. The summed E-state index contributed by atoms with van der Waals surface area (Å²) in [5.41, 5.74) is 5.94. The minimum Gasteiger partial charge on any atom is -0.464 e. The van der Waals surface area contributed by atoms with Crippen molar-refractivity contribution in [2.75, 3.05) is 0 Å². The van der Waals surface area contributed by atoms with Crippen molar-refractivity contribution in [1.82, 2.24) is 4.98 Å². The van der Waals surface area contributed by atoms with Crippen LogP contribution in [0.3, 0.4) is 0 Å². The molecule has 6 rings (SSSR count). The van der Waals surface area contributed by atoms with Gasteiger partial charge in [0.1, 0.15) is 5.58 Å². The lowest BCUT2D eigenvalue weighted by molar-refractivity contribution is 0.596. The lowest BCUT2D eigenvalue weighted by atomic mass is 9.82. The van der Waals surface area contributed by atoms with Crippen LogP contribution in [0.15, 0.2) is 71.5 Å². The van der Waals surface area contributed by atoms with E-state index in [1.807, 2.05) is 23.8 Å². The molecule has 0 aliphatic carbocycles. The highest BCUT2D eigenvalue weighted by atomic mass is 32.1. The molecule has 0 atom stereocenters. The molecule has 0 unspecified atom stereocenters. The molecule has 6 aromatic rings. The molecule has 3 heteroatoms. The number of aryl methyl sites for hydroxylation is 1. The van der Waals surface area contributed by atoms with E-state index >= 15 is 0 Å². The normalized spacial score (nSPS) is 12.5. The van der Waals surface area contributed by atoms with Crippen LogP contribution in [-0.2, 0) is 11.8 Å². The molecule has 0 aliphatic rings. The number of furan rings is 1. The molecule has 33 heavy (non-hydrogen) atoms. The molecule has 0 amide bonds. The van der Waals surface area contributed by atoms with E-state index < -0.39 is 0 Å². The maximum Gasteiger partial charge on any atom is 0.134 e. The fraction of sp³-hybridized carbons (Fsp3) is 0.233. The van der Waals surface area contributed by atoms with Crippen LogP contribution in [0.25, 0.3) is 53.2 Å². The maximum absolute atomic E-state index is 5.93. The number of nitrogens with zero attached hydrogens (tertiary/aromatic N) is 1. The zero-order valence-corrected chi connectivity index (χ0v) is 20.3. The predicted octanol–water partition coefficient (Wildman–Crippen LogP) is 9.27. The molecule has 3 aromatic heterocycles. The molecule has 0 saturated carbocycles. The van der Waals surface area contributed by atoms with E-state index in [9.17, 15) is 0 Å². The summed E-state index contributed by atoms with van der Waals surface area (Å²) in [6, 6.07) is 19.8. The van der Waals surface area contributed by atoms with E-state index in [1.54, 1.807) is 0 Å². The second-order valence-corrected chi connectivity index (χ2v) is 11.0. The van der Waals surface area contributed by atoms with Gasteiger partial charge in [0.05, 0.1) is 16.7 Å². The molecule has 2 nitrogen and oxygen atoms in total. The average molecular weight is 450 g/mol. The van der Waals surface area contributed by atoms with Gasteiger partial charge < -0.3 is 4.42 Å². The third kappa shape index (κ3) is 3.18. The Balaban J connectivity index is 1.69. The molecule has 0 aliphatic heterocycles. The first-order valence-corrected chi connectivity index (χ1v) is 12.5. The zero-order chi connectivity index (χ0) is 22.7. The number of rotatable bonds is 3. The van der Waals surface area contributed by atoms with Crippen molar-refractivity contribution < 1.29 is 4.42 Å². The highest BCUT2D eigenvalue weighted by Gasteiger charge is 2.21. The van der Waals surface area contributed by atoms with Gasteiger partial charge in [0, 0.05) is 32.6 Å². The van der Waals surface area contributed by atoms with Gasteiger partial charge in [0.15, 0.2) is 0 Å². The number of hydrogen-bond acceptors (Lipinski definition) is 3. The highest BCUT2D eigenvalue weighted by molar-refractivity contribution is 7.26. The van der Waals surface area contributed by atoms with Crippen LogP contribution in [0, 0.1) is 0 Å². The fourth-order valence-electron chi connectivity index (χ4n) is 5.11. The van der Waals surface area contributed by atoms with Crippen LogP contribution in [0.2, 0.25) is 0 Å². The van der Waals surface area contributed by atoms with Crippen molar-refractivity contribution in [2.45, 2.75) is 46.0 Å². The van der Waals surface area contributed by atoms with Crippen molar-refractivity contribution in [3.63, 3.8) is 0 Å². The number of thiophene rings is 1. The fourth-order valence-corrected chi connectivity index (χ4v) is 6.33. The summed E-state index contributed by atoms with van der Waals surface area (Å²) in [4.78, 5) is 4.92. The molecular weight excluding hydrogens is 422 g/mol. The summed E-state index contributed by atoms with van der Waals surface area (Å²) in [5.74, 6) is 0. The van der Waals surface area contributed by atoms with Crippen molar-refractivity contribution in [3.8, 4) is 11.3 Å². The van der Waals surface area contributed by atoms with Crippen LogP contribution in [0.1, 0.15) is 45.2 Å². The van der Waals surface area contributed by atoms with Gasteiger partial charge in [-0.25, -0.2) is 0 Å². The van der Waals surface area contributed by atoms with Gasteiger partial charge in [0.25, 0.3) is 0 Å². The SMILES string of the molecule is CCCc1coc2ccc3sc4c(-c5cc(C(C)(C)C)c6ccccc6c5)nccc4c3c12. The van der Waals surface area contributed by atoms with Crippen LogP contribution in [-0.4, -0.2) is 4.98 Å². The predicted molar refractivity (Wildman–Crippen MR) is 143 cm³/mol. The molecule has 164 valence electrons. The molecule has 0 radical (unpaired) electrons. The zero-order valence-electron chi connectivity index (χ0n) is 19.5. The van der Waals surface area contributed by atoms with Gasteiger partial charge in [-0.15, -0.1) is 11.3 Å². The van der Waals surface area contributed by atoms with E-state index in [4.69, 9.17) is 9.40 Å². The van der Waals surface area contributed by atoms with Gasteiger partial charge >= 0.3 is 0 Å². The summed E-state index contributed by atoms with van der Waals surface area (Å²) in [5, 5.41) is 6.44. The van der Waals surface area contributed by atoms with Crippen LogP contribution >= 0.6 is 11.3 Å². The lowest BCUT2D eigenvalue weighted by Crippen LogP contribution is -2.12. The molecule has 0 N–H and O–H groups in total. The number of fused-ring (bicyclic) bond motifs is 6. The first kappa shape index (κ1) is 20.4. The van der Waals surface area contributed by atoms with E-state index in [2.05, 4.69) is 82.3 Å². The molecular formula is C30H27NOS. The summed E-state index contributed by atoms with van der Waals surface area (Å²) in [7, 11) is 0. The van der Waals surface area contributed by atoms with Crippen molar-refractivity contribution >= 4 is 53.3 Å². The van der Waals surface area contributed by atoms with E-state index in [1.165, 1.54) is 53.0 Å². The third-order valence-electron chi connectivity index (χ3n) is 6.63. The average Bonchev–Trinajstić information content (AvgIpc) is 3.38. The van der Waals surface area contributed by atoms with Crippen LogP contribution in [0.4, 0.5) is 0 Å². The molecule has 0 bridgehead atoms. The molecule has 0 saturated heterocycles. The Morgan fingerprint density at radius 2 is 1.79 bits per heavy atom. The van der Waals surface area contributed by atoms with Crippen LogP contribution < -0.4 is 0 Å². The van der Waals surface area contributed by atoms with Crippen molar-refractivity contribution in [3.05, 3.63) is 78.2 Å². The van der Waals surface area contributed by atoms with E-state index in [0.29, 0.717) is 0 Å². The second-order valence-electron chi connectivity index (χ2n) is 9.96. The minimum atomic E-state index is 0.0433. The van der Waals surface area contributed by atoms with E-state index in [-0.39, 0.29) is 5.41 Å². The quantitative estimate of drug-likeness (QED) is 0.269. The first-order valence-electron chi connectivity index (χ1n) is 11.7. The number of pyridine rings is 1. The van der Waals surface area contributed by atoms with Crippen molar-refractivity contribution in [1.29, 1.82) is 0 Å². The van der Waals surface area contributed by atoms with Gasteiger partial charge in [-0.2, -0.15) is 0 Å². The smallest absolute Gasteiger partial charge is 0.134 e. The van der Waals surface area contributed by atoms with Gasteiger partial charge in [-0.05, 0) is 64.1 Å². The number of benzene rings is 3. The summed E-state index contributed by atoms with van der Waals surface area (Å²) >= 11 is 1.84. The standard InChI is InChI=1S/C30H27NOS/c1-5-8-19-17-32-24-11-12-25-27(26(19)24)22-13-14-31-28(29(22)33-25)20-15-18-9-6-7-10-21(18)23(16-20)30(2,3)4/h6-7,9-17H,5,8H2,1-4H3. The Hall–Kier alpha value is -3.17. The largest absolute Gasteiger partial charge is 0.464 e. The van der Waals surface area contributed by atoms with Gasteiger partial charge in [-0.1, -0.05) is 58.4 Å². The summed E-state index contributed by atoms with van der Waals surface area (Å²) in [6.07, 6.45) is 6.04.